The van der Waals surface area contributed by atoms with Crippen LogP contribution in [0.2, 0.25) is 0 Å². The van der Waals surface area contributed by atoms with Crippen LogP contribution in [-0.4, -0.2) is 57.2 Å². The van der Waals surface area contributed by atoms with Gasteiger partial charge in [-0.15, -0.1) is 0 Å². The molecule has 0 unspecified atom stereocenters. The molecule has 1 fully saturated rings. The van der Waals surface area contributed by atoms with Crippen LogP contribution < -0.4 is 10.1 Å². The minimum absolute atomic E-state index is 0.0473. The minimum Gasteiger partial charge on any atom is -0.468 e. The molecule has 1 aromatic heterocycles. The first kappa shape index (κ1) is 18.9. The number of alkyl halides is 3. The number of nitrogens with zero attached hydrogens (tertiary/aromatic N) is 2. The molecule has 10 heteroatoms. The number of rotatable bonds is 6. The SMILES string of the molecule is CNCC1CCN(S(=O)(=O)c2ccc(OCC(F)(F)F)nc2)CC1. The van der Waals surface area contributed by atoms with Crippen LogP contribution in [0.5, 0.6) is 5.88 Å². The summed E-state index contributed by atoms with van der Waals surface area (Å²) in [6.07, 6.45) is -1.91. The highest BCUT2D eigenvalue weighted by Gasteiger charge is 2.30. The maximum absolute atomic E-state index is 12.5. The molecule has 6 nitrogen and oxygen atoms in total. The molecule has 1 aliphatic rings. The second kappa shape index (κ2) is 7.66. The summed E-state index contributed by atoms with van der Waals surface area (Å²) in [7, 11) is -1.83. The number of hydrogen-bond donors (Lipinski definition) is 1. The molecule has 1 aromatic rings. The maximum Gasteiger partial charge on any atom is 0.422 e. The Morgan fingerprint density at radius 2 is 2.00 bits per heavy atom. The minimum atomic E-state index is -4.47. The fourth-order valence-corrected chi connectivity index (χ4v) is 3.97. The van der Waals surface area contributed by atoms with Crippen LogP contribution in [0, 0.1) is 5.92 Å². The van der Waals surface area contributed by atoms with Crippen molar-refractivity contribution in [2.75, 3.05) is 33.3 Å². The molecular formula is C14H20F3N3O3S. The number of nitrogens with one attached hydrogen (secondary N) is 1. The number of sulfonamides is 1. The van der Waals surface area contributed by atoms with E-state index in [1.54, 1.807) is 0 Å². The van der Waals surface area contributed by atoms with Gasteiger partial charge in [0.05, 0.1) is 6.20 Å². The largest absolute Gasteiger partial charge is 0.468 e. The lowest BCUT2D eigenvalue weighted by Gasteiger charge is -2.31. The highest BCUT2D eigenvalue weighted by molar-refractivity contribution is 7.89. The Morgan fingerprint density at radius 3 is 2.50 bits per heavy atom. The van der Waals surface area contributed by atoms with Crippen molar-refractivity contribution >= 4 is 10.0 Å². The topological polar surface area (TPSA) is 71.5 Å². The second-order valence-corrected chi connectivity index (χ2v) is 7.58. The summed E-state index contributed by atoms with van der Waals surface area (Å²) in [5.74, 6) is 0.178. The molecule has 2 rings (SSSR count). The van der Waals surface area contributed by atoms with Crippen LogP contribution in [0.25, 0.3) is 0 Å². The van der Waals surface area contributed by atoms with Crippen molar-refractivity contribution in [1.29, 1.82) is 0 Å². The summed E-state index contributed by atoms with van der Waals surface area (Å²) in [5, 5.41) is 3.08. The van der Waals surface area contributed by atoms with Gasteiger partial charge in [-0.25, -0.2) is 13.4 Å². The molecule has 0 radical (unpaired) electrons. The van der Waals surface area contributed by atoms with E-state index in [4.69, 9.17) is 0 Å². The van der Waals surface area contributed by atoms with E-state index in [1.807, 2.05) is 7.05 Å². The summed E-state index contributed by atoms with van der Waals surface area (Å²) in [5.41, 5.74) is 0. The third-order valence-electron chi connectivity index (χ3n) is 3.80. The smallest absolute Gasteiger partial charge is 0.422 e. The first-order valence-corrected chi connectivity index (χ1v) is 8.97. The number of aromatic nitrogens is 1. The number of pyridine rings is 1. The Balaban J connectivity index is 2.00. The lowest BCUT2D eigenvalue weighted by atomic mass is 9.98. The summed E-state index contributed by atoms with van der Waals surface area (Å²) < 4.78 is 67.2. The zero-order valence-electron chi connectivity index (χ0n) is 13.2. The van der Waals surface area contributed by atoms with Crippen molar-refractivity contribution in [3.8, 4) is 5.88 Å². The summed E-state index contributed by atoms with van der Waals surface area (Å²) in [6.45, 7) is 0.216. The van der Waals surface area contributed by atoms with Crippen LogP contribution in [0.15, 0.2) is 23.2 Å². The van der Waals surface area contributed by atoms with Gasteiger partial charge in [-0.05, 0) is 38.4 Å². The van der Waals surface area contributed by atoms with E-state index in [0.717, 1.165) is 31.6 Å². The van der Waals surface area contributed by atoms with Crippen LogP contribution in [0.4, 0.5) is 13.2 Å². The van der Waals surface area contributed by atoms with Gasteiger partial charge in [0.2, 0.25) is 15.9 Å². The van der Waals surface area contributed by atoms with Gasteiger partial charge in [-0.3, -0.25) is 0 Å². The highest BCUT2D eigenvalue weighted by atomic mass is 32.2. The van der Waals surface area contributed by atoms with Gasteiger partial charge in [0, 0.05) is 19.2 Å². The first-order valence-electron chi connectivity index (χ1n) is 7.53. The molecule has 0 amide bonds. The summed E-state index contributed by atoms with van der Waals surface area (Å²) in [4.78, 5) is 3.60. The van der Waals surface area contributed by atoms with Crippen LogP contribution in [0.1, 0.15) is 12.8 Å². The van der Waals surface area contributed by atoms with Gasteiger partial charge in [0.15, 0.2) is 6.61 Å². The standard InChI is InChI=1S/C14H20F3N3O3S/c1-18-8-11-4-6-20(7-5-11)24(21,22)12-2-3-13(19-9-12)23-10-14(15,16)17/h2-3,9,11,18H,4-8,10H2,1H3. The van der Waals surface area contributed by atoms with E-state index < -0.39 is 22.8 Å². The predicted molar refractivity (Wildman–Crippen MR) is 81.2 cm³/mol. The Kier molecular flexibility index (Phi) is 6.05. The number of hydrogen-bond acceptors (Lipinski definition) is 5. The van der Waals surface area contributed by atoms with Crippen molar-refractivity contribution in [3.63, 3.8) is 0 Å². The molecule has 1 N–H and O–H groups in total. The van der Waals surface area contributed by atoms with E-state index in [-0.39, 0.29) is 10.8 Å². The zero-order valence-corrected chi connectivity index (χ0v) is 14.0. The molecule has 24 heavy (non-hydrogen) atoms. The van der Waals surface area contributed by atoms with Crippen molar-refractivity contribution < 1.29 is 26.3 Å². The van der Waals surface area contributed by atoms with Gasteiger partial charge < -0.3 is 10.1 Å². The molecule has 0 aromatic carbocycles. The fourth-order valence-electron chi connectivity index (χ4n) is 2.55. The summed E-state index contributed by atoms with van der Waals surface area (Å²) >= 11 is 0. The third-order valence-corrected chi connectivity index (χ3v) is 5.68. The predicted octanol–water partition coefficient (Wildman–Crippen LogP) is 1.64. The van der Waals surface area contributed by atoms with Crippen LogP contribution in [0.3, 0.4) is 0 Å². The van der Waals surface area contributed by atoms with Crippen molar-refractivity contribution in [2.45, 2.75) is 23.9 Å². The maximum atomic E-state index is 12.5. The van der Waals surface area contributed by atoms with Crippen molar-refractivity contribution in [3.05, 3.63) is 18.3 Å². The normalized spacial score (nSPS) is 17.8. The van der Waals surface area contributed by atoms with Crippen molar-refractivity contribution in [1.82, 2.24) is 14.6 Å². The highest BCUT2D eigenvalue weighted by Crippen LogP contribution is 2.24. The quantitative estimate of drug-likeness (QED) is 0.828. The molecule has 2 heterocycles. The summed E-state index contributed by atoms with van der Waals surface area (Å²) in [6, 6.07) is 2.35. The van der Waals surface area contributed by atoms with E-state index >= 15 is 0 Å². The van der Waals surface area contributed by atoms with Gasteiger partial charge in [0.25, 0.3) is 0 Å². The Bertz CT molecular complexity index is 627. The lowest BCUT2D eigenvalue weighted by Crippen LogP contribution is -2.40. The zero-order chi connectivity index (χ0) is 17.8. The molecule has 1 saturated heterocycles. The lowest BCUT2D eigenvalue weighted by molar-refractivity contribution is -0.154. The van der Waals surface area contributed by atoms with E-state index in [9.17, 15) is 21.6 Å². The first-order chi connectivity index (χ1) is 11.2. The van der Waals surface area contributed by atoms with Crippen molar-refractivity contribution in [2.24, 2.45) is 5.92 Å². The average Bonchev–Trinajstić information content (AvgIpc) is 2.53. The fraction of sp³-hybridized carbons (Fsp3) is 0.643. The molecule has 0 aliphatic carbocycles. The molecule has 0 spiro atoms. The van der Waals surface area contributed by atoms with Gasteiger partial charge >= 0.3 is 6.18 Å². The van der Waals surface area contributed by atoms with Crippen LogP contribution >= 0.6 is 0 Å². The average molecular weight is 367 g/mol. The van der Waals surface area contributed by atoms with Gasteiger partial charge in [-0.2, -0.15) is 17.5 Å². The van der Waals surface area contributed by atoms with E-state index in [1.165, 1.54) is 10.4 Å². The molecule has 136 valence electrons. The van der Waals surface area contributed by atoms with Crippen LogP contribution in [-0.2, 0) is 10.0 Å². The Hall–Kier alpha value is -1.39. The second-order valence-electron chi connectivity index (χ2n) is 5.64. The monoisotopic (exact) mass is 367 g/mol. The Morgan fingerprint density at radius 1 is 1.33 bits per heavy atom. The van der Waals surface area contributed by atoms with Gasteiger partial charge in [-0.1, -0.05) is 0 Å². The number of halogens is 3. The molecule has 1 aliphatic heterocycles. The molecular weight excluding hydrogens is 347 g/mol. The van der Waals surface area contributed by atoms with E-state index in [2.05, 4.69) is 15.0 Å². The molecule has 0 atom stereocenters. The third kappa shape index (κ3) is 5.05. The van der Waals surface area contributed by atoms with E-state index in [0.29, 0.717) is 19.0 Å². The number of ether oxygens (including phenoxy) is 1. The van der Waals surface area contributed by atoms with Gasteiger partial charge in [0.1, 0.15) is 4.90 Å². The number of piperidine rings is 1. The molecule has 0 saturated carbocycles. The Labute approximate surface area is 139 Å². The molecule has 0 bridgehead atoms.